The zero-order chi connectivity index (χ0) is 11.3. The maximum atomic E-state index is 11.9. The highest BCUT2D eigenvalue weighted by Crippen LogP contribution is 2.57. The Morgan fingerprint density at radius 3 is 2.75 bits per heavy atom. The Morgan fingerprint density at radius 1 is 1.50 bits per heavy atom. The van der Waals surface area contributed by atoms with E-state index >= 15 is 0 Å². The molecule has 16 heavy (non-hydrogen) atoms. The molecule has 5 nitrogen and oxygen atoms in total. The summed E-state index contributed by atoms with van der Waals surface area (Å²) in [4.78, 5) is 11.9. The Balaban J connectivity index is 1.67. The minimum Gasteiger partial charge on any atom is -0.394 e. The van der Waals surface area contributed by atoms with Crippen molar-refractivity contribution >= 4 is 17.4 Å². The second-order valence-corrected chi connectivity index (χ2v) is 4.88. The molecule has 2 aliphatic carbocycles. The van der Waals surface area contributed by atoms with Gasteiger partial charge in [0.1, 0.15) is 0 Å². The summed E-state index contributed by atoms with van der Waals surface area (Å²) in [5.74, 6) is 2.04. The molecule has 2 aliphatic rings. The Hall–Kier alpha value is -1.52. The molecule has 3 rings (SSSR count). The number of nitrogens with zero attached hydrogens (tertiary/aromatic N) is 1. The molecular formula is C11H16N4O. The molecule has 0 bridgehead atoms. The number of rotatable bonds is 2. The third-order valence-electron chi connectivity index (χ3n) is 3.95. The number of fused-ring (bicyclic) bond motifs is 1. The number of aromatic amines is 1. The minimum atomic E-state index is 0.0906. The van der Waals surface area contributed by atoms with Gasteiger partial charge in [0, 0.05) is 5.92 Å². The van der Waals surface area contributed by atoms with Crippen molar-refractivity contribution in [2.75, 3.05) is 11.1 Å². The van der Waals surface area contributed by atoms with E-state index in [2.05, 4.69) is 15.5 Å². The van der Waals surface area contributed by atoms with Gasteiger partial charge in [-0.15, -0.1) is 0 Å². The first-order valence-electron chi connectivity index (χ1n) is 5.80. The number of hydrogen-bond acceptors (Lipinski definition) is 3. The Bertz CT molecular complexity index is 429. The first-order chi connectivity index (χ1) is 7.68. The fourth-order valence-corrected chi connectivity index (χ4v) is 2.94. The average Bonchev–Trinajstić information content (AvgIpc) is 2.59. The van der Waals surface area contributed by atoms with Crippen molar-refractivity contribution in [3.8, 4) is 0 Å². The number of anilines is 2. The van der Waals surface area contributed by atoms with E-state index in [9.17, 15) is 4.79 Å². The fraction of sp³-hybridized carbons (Fsp3) is 0.636. The number of hydrogen-bond donors (Lipinski definition) is 3. The van der Waals surface area contributed by atoms with Gasteiger partial charge in [-0.2, -0.15) is 5.10 Å². The van der Waals surface area contributed by atoms with Crippen LogP contribution in [0.3, 0.4) is 0 Å². The van der Waals surface area contributed by atoms with Crippen molar-refractivity contribution in [1.82, 2.24) is 10.2 Å². The Morgan fingerprint density at radius 2 is 2.19 bits per heavy atom. The van der Waals surface area contributed by atoms with Gasteiger partial charge >= 0.3 is 0 Å². The number of nitrogens with two attached hydrogens (primary N) is 1. The van der Waals surface area contributed by atoms with E-state index in [0.29, 0.717) is 23.3 Å². The first-order valence-corrected chi connectivity index (χ1v) is 5.80. The number of aromatic nitrogens is 2. The monoisotopic (exact) mass is 220 g/mol. The van der Waals surface area contributed by atoms with Crippen molar-refractivity contribution in [3.63, 3.8) is 0 Å². The van der Waals surface area contributed by atoms with Crippen LogP contribution in [0.25, 0.3) is 0 Å². The van der Waals surface area contributed by atoms with Gasteiger partial charge in [-0.25, -0.2) is 0 Å². The molecule has 1 heterocycles. The number of amides is 1. The van der Waals surface area contributed by atoms with Gasteiger partial charge < -0.3 is 11.1 Å². The summed E-state index contributed by atoms with van der Waals surface area (Å²) in [5.41, 5.74) is 7.12. The molecule has 2 saturated carbocycles. The summed E-state index contributed by atoms with van der Waals surface area (Å²) in [7, 11) is 0. The van der Waals surface area contributed by atoms with Crippen molar-refractivity contribution < 1.29 is 4.79 Å². The predicted molar refractivity (Wildman–Crippen MR) is 60.7 cm³/mol. The minimum absolute atomic E-state index is 0.0906. The van der Waals surface area contributed by atoms with Crippen LogP contribution in [0.1, 0.15) is 25.0 Å². The maximum absolute atomic E-state index is 11.9. The highest BCUT2D eigenvalue weighted by molar-refractivity contribution is 5.96. The number of H-pyrrole nitrogens is 1. The Kier molecular flexibility index (Phi) is 1.96. The highest BCUT2D eigenvalue weighted by atomic mass is 16.2. The Labute approximate surface area is 93.8 Å². The number of nitrogens with one attached hydrogen (secondary N) is 2. The lowest BCUT2D eigenvalue weighted by Crippen LogP contribution is -2.17. The lowest BCUT2D eigenvalue weighted by atomic mass is 10.1. The molecule has 2 unspecified atom stereocenters. The number of carbonyl (C=O) groups is 1. The standard InChI is InChI=1S/C11H16N4O/c1-5-9(12)10(15-14-5)13-11(16)8-6-3-2-4-7(6)8/h6-8H,2-4,12H2,1H3,(H2,13,14,15,16). The van der Waals surface area contributed by atoms with Gasteiger partial charge in [0.25, 0.3) is 0 Å². The molecular weight excluding hydrogens is 204 g/mol. The molecule has 1 amide bonds. The van der Waals surface area contributed by atoms with Crippen LogP contribution in [0.15, 0.2) is 0 Å². The zero-order valence-corrected chi connectivity index (χ0v) is 9.29. The van der Waals surface area contributed by atoms with Crippen molar-refractivity contribution in [2.24, 2.45) is 17.8 Å². The van der Waals surface area contributed by atoms with E-state index in [1.165, 1.54) is 19.3 Å². The number of carbonyl (C=O) groups excluding carboxylic acids is 1. The van der Waals surface area contributed by atoms with Crippen molar-refractivity contribution in [2.45, 2.75) is 26.2 Å². The highest BCUT2D eigenvalue weighted by Gasteiger charge is 2.56. The van der Waals surface area contributed by atoms with E-state index in [1.54, 1.807) is 0 Å². The van der Waals surface area contributed by atoms with Gasteiger partial charge in [0.15, 0.2) is 5.82 Å². The molecule has 2 fully saturated rings. The van der Waals surface area contributed by atoms with Crippen LogP contribution in [0.2, 0.25) is 0 Å². The van der Waals surface area contributed by atoms with Gasteiger partial charge in [-0.1, -0.05) is 6.42 Å². The molecule has 5 heteroatoms. The maximum Gasteiger partial charge on any atom is 0.229 e. The van der Waals surface area contributed by atoms with E-state index < -0.39 is 0 Å². The first kappa shape index (κ1) is 9.69. The van der Waals surface area contributed by atoms with Crippen LogP contribution >= 0.6 is 0 Å². The molecule has 1 aromatic rings. The quantitative estimate of drug-likeness (QED) is 0.702. The second kappa shape index (κ2) is 3.23. The van der Waals surface area contributed by atoms with E-state index in [-0.39, 0.29) is 11.8 Å². The summed E-state index contributed by atoms with van der Waals surface area (Å²) < 4.78 is 0. The molecule has 4 N–H and O–H groups in total. The average molecular weight is 220 g/mol. The SMILES string of the molecule is Cc1[nH]nc(NC(=O)C2C3CCCC32)c1N. The molecule has 0 saturated heterocycles. The van der Waals surface area contributed by atoms with Crippen LogP contribution in [0.5, 0.6) is 0 Å². The van der Waals surface area contributed by atoms with Crippen LogP contribution in [-0.4, -0.2) is 16.1 Å². The molecule has 2 atom stereocenters. The number of aryl methyl sites for hydroxylation is 1. The van der Waals surface area contributed by atoms with Crippen molar-refractivity contribution in [3.05, 3.63) is 5.69 Å². The summed E-state index contributed by atoms with van der Waals surface area (Å²) in [5, 5.41) is 9.55. The van der Waals surface area contributed by atoms with Crippen LogP contribution in [-0.2, 0) is 4.79 Å². The lowest BCUT2D eigenvalue weighted by molar-refractivity contribution is -0.118. The van der Waals surface area contributed by atoms with Crippen LogP contribution in [0, 0.1) is 24.7 Å². The topological polar surface area (TPSA) is 83.8 Å². The van der Waals surface area contributed by atoms with E-state index in [1.807, 2.05) is 6.92 Å². The summed E-state index contributed by atoms with van der Waals surface area (Å²) in [6.45, 7) is 1.84. The van der Waals surface area contributed by atoms with Crippen LogP contribution in [0.4, 0.5) is 11.5 Å². The van der Waals surface area contributed by atoms with Gasteiger partial charge in [-0.3, -0.25) is 9.89 Å². The second-order valence-electron chi connectivity index (χ2n) is 4.88. The van der Waals surface area contributed by atoms with Crippen molar-refractivity contribution in [1.29, 1.82) is 0 Å². The summed E-state index contributed by atoms with van der Waals surface area (Å²) in [6, 6.07) is 0. The predicted octanol–water partition coefficient (Wildman–Crippen LogP) is 1.28. The van der Waals surface area contributed by atoms with Gasteiger partial charge in [-0.05, 0) is 31.6 Å². The third kappa shape index (κ3) is 1.31. The van der Waals surface area contributed by atoms with E-state index in [0.717, 1.165) is 5.69 Å². The fourth-order valence-electron chi connectivity index (χ4n) is 2.94. The van der Waals surface area contributed by atoms with Gasteiger partial charge in [0.05, 0.1) is 11.4 Å². The largest absolute Gasteiger partial charge is 0.394 e. The molecule has 0 aromatic carbocycles. The molecule has 0 radical (unpaired) electrons. The molecule has 1 aromatic heterocycles. The zero-order valence-electron chi connectivity index (χ0n) is 9.29. The lowest BCUT2D eigenvalue weighted by Gasteiger charge is -2.04. The van der Waals surface area contributed by atoms with Gasteiger partial charge in [0.2, 0.25) is 5.91 Å². The molecule has 86 valence electrons. The summed E-state index contributed by atoms with van der Waals surface area (Å²) >= 11 is 0. The third-order valence-corrected chi connectivity index (χ3v) is 3.95. The normalized spacial score (nSPS) is 31.2. The molecule has 0 spiro atoms. The molecule has 0 aliphatic heterocycles. The smallest absolute Gasteiger partial charge is 0.229 e. The summed E-state index contributed by atoms with van der Waals surface area (Å²) in [6.07, 6.45) is 3.69. The van der Waals surface area contributed by atoms with E-state index in [4.69, 9.17) is 5.73 Å². The van der Waals surface area contributed by atoms with Crippen LogP contribution < -0.4 is 11.1 Å². The number of nitrogen functional groups attached to an aromatic ring is 1.